The topological polar surface area (TPSA) is 57.6 Å². The summed E-state index contributed by atoms with van der Waals surface area (Å²) >= 11 is 0. The number of nitrogens with zero attached hydrogens (tertiary/aromatic N) is 1. The maximum absolute atomic E-state index is 12.4. The molecule has 2 fully saturated rings. The molecule has 0 aliphatic heterocycles. The van der Waals surface area contributed by atoms with Crippen molar-refractivity contribution in [3.63, 3.8) is 0 Å². The van der Waals surface area contributed by atoms with Gasteiger partial charge in [-0.25, -0.2) is 0 Å². The fourth-order valence-corrected chi connectivity index (χ4v) is 3.81. The summed E-state index contributed by atoms with van der Waals surface area (Å²) in [6, 6.07) is 0. The van der Waals surface area contributed by atoms with Gasteiger partial charge in [-0.05, 0) is 24.7 Å². The van der Waals surface area contributed by atoms with Crippen molar-refractivity contribution in [3.8, 4) is 0 Å². The maximum Gasteiger partial charge on any atom is 0.323 e. The van der Waals surface area contributed by atoms with Crippen molar-refractivity contribution in [3.05, 3.63) is 0 Å². The van der Waals surface area contributed by atoms with Crippen LogP contribution in [-0.2, 0) is 9.59 Å². The zero-order chi connectivity index (χ0) is 13.1. The van der Waals surface area contributed by atoms with Crippen molar-refractivity contribution in [2.24, 2.45) is 17.8 Å². The molecule has 1 amide bonds. The van der Waals surface area contributed by atoms with E-state index in [4.69, 9.17) is 5.11 Å². The highest BCUT2D eigenvalue weighted by Crippen LogP contribution is 2.44. The molecule has 4 heteroatoms. The van der Waals surface area contributed by atoms with Crippen LogP contribution in [0.3, 0.4) is 0 Å². The molecule has 3 unspecified atom stereocenters. The van der Waals surface area contributed by atoms with Gasteiger partial charge in [-0.2, -0.15) is 0 Å². The van der Waals surface area contributed by atoms with E-state index in [1.165, 1.54) is 30.6 Å². The zero-order valence-corrected chi connectivity index (χ0v) is 11.1. The Labute approximate surface area is 108 Å². The van der Waals surface area contributed by atoms with Crippen molar-refractivity contribution in [1.82, 2.24) is 4.90 Å². The van der Waals surface area contributed by atoms with Gasteiger partial charge in [-0.15, -0.1) is 0 Å². The molecule has 2 rings (SSSR count). The summed E-state index contributed by atoms with van der Waals surface area (Å²) in [6.45, 7) is -0.174. The molecule has 18 heavy (non-hydrogen) atoms. The fourth-order valence-electron chi connectivity index (χ4n) is 3.81. The molecule has 0 aromatic heterocycles. The monoisotopic (exact) mass is 253 g/mol. The number of rotatable bonds is 3. The Hall–Kier alpha value is -1.06. The minimum Gasteiger partial charge on any atom is -0.480 e. The van der Waals surface area contributed by atoms with Gasteiger partial charge in [0.2, 0.25) is 5.91 Å². The summed E-state index contributed by atoms with van der Waals surface area (Å²) in [6.07, 6.45) is 8.28. The lowest BCUT2D eigenvalue weighted by Gasteiger charge is -2.41. The Kier molecular flexibility index (Phi) is 4.25. The van der Waals surface area contributed by atoms with E-state index < -0.39 is 5.97 Å². The Balaban J connectivity index is 2.01. The zero-order valence-electron chi connectivity index (χ0n) is 11.1. The van der Waals surface area contributed by atoms with E-state index in [2.05, 4.69) is 0 Å². The van der Waals surface area contributed by atoms with Crippen molar-refractivity contribution in [2.45, 2.75) is 44.9 Å². The summed E-state index contributed by atoms with van der Waals surface area (Å²) in [5, 5.41) is 8.77. The fraction of sp³-hybridized carbons (Fsp3) is 0.857. The molecule has 0 aromatic carbocycles. The molecule has 0 spiro atoms. The van der Waals surface area contributed by atoms with Crippen LogP contribution in [0.5, 0.6) is 0 Å². The summed E-state index contributed by atoms with van der Waals surface area (Å²) < 4.78 is 0. The first kappa shape index (κ1) is 13.4. The van der Waals surface area contributed by atoms with E-state index in [1.807, 2.05) is 0 Å². The maximum atomic E-state index is 12.4. The molecular formula is C14H23NO3. The van der Waals surface area contributed by atoms with Crippen molar-refractivity contribution < 1.29 is 14.7 Å². The minimum absolute atomic E-state index is 0.0500. The van der Waals surface area contributed by atoms with E-state index in [0.717, 1.165) is 19.3 Å². The Morgan fingerprint density at radius 1 is 1.11 bits per heavy atom. The van der Waals surface area contributed by atoms with Crippen LogP contribution >= 0.6 is 0 Å². The number of carboxylic acids is 1. The second-order valence-electron chi connectivity index (χ2n) is 5.83. The highest BCUT2D eigenvalue weighted by atomic mass is 16.4. The number of likely N-dealkylation sites (N-methyl/N-ethyl adjacent to an activating group) is 1. The lowest BCUT2D eigenvalue weighted by atomic mass is 9.65. The summed E-state index contributed by atoms with van der Waals surface area (Å²) in [7, 11) is 1.61. The predicted octanol–water partition coefficient (Wildman–Crippen LogP) is 2.14. The van der Waals surface area contributed by atoms with Crippen LogP contribution in [0.2, 0.25) is 0 Å². The molecule has 0 heterocycles. The number of carboxylic acid groups (broad SMARTS) is 1. The van der Waals surface area contributed by atoms with Gasteiger partial charge in [0, 0.05) is 13.0 Å². The second-order valence-corrected chi connectivity index (χ2v) is 5.83. The van der Waals surface area contributed by atoms with Gasteiger partial charge in [-0.1, -0.05) is 32.1 Å². The standard InChI is InChI=1S/C14H23NO3/c1-15(9-13(16)17)14(18)12-8-4-6-10-5-2-3-7-11(10)12/h10-12H,2-9H2,1H3,(H,16,17). The number of hydrogen-bond acceptors (Lipinski definition) is 2. The third kappa shape index (κ3) is 2.85. The number of aliphatic carboxylic acids is 1. The number of amides is 1. The molecule has 0 bridgehead atoms. The summed E-state index contributed by atoms with van der Waals surface area (Å²) in [4.78, 5) is 24.4. The molecule has 2 aliphatic rings. The molecule has 0 radical (unpaired) electrons. The Morgan fingerprint density at radius 3 is 2.50 bits per heavy atom. The second kappa shape index (κ2) is 5.72. The number of fused-ring (bicyclic) bond motifs is 1. The number of carbonyl (C=O) groups excluding carboxylic acids is 1. The van der Waals surface area contributed by atoms with Gasteiger partial charge in [0.05, 0.1) is 0 Å². The third-order valence-corrected chi connectivity index (χ3v) is 4.64. The molecule has 3 atom stereocenters. The van der Waals surface area contributed by atoms with Crippen LogP contribution in [0.15, 0.2) is 0 Å². The van der Waals surface area contributed by atoms with Crippen molar-refractivity contribution in [2.75, 3.05) is 13.6 Å². The third-order valence-electron chi connectivity index (χ3n) is 4.64. The van der Waals surface area contributed by atoms with E-state index in [-0.39, 0.29) is 18.4 Å². The smallest absolute Gasteiger partial charge is 0.323 e. The SMILES string of the molecule is CN(CC(=O)O)C(=O)C1CCCC2CCCCC21. The van der Waals surface area contributed by atoms with Crippen LogP contribution in [0.1, 0.15) is 44.9 Å². The predicted molar refractivity (Wildman–Crippen MR) is 68.1 cm³/mol. The highest BCUT2D eigenvalue weighted by Gasteiger charge is 2.39. The molecule has 4 nitrogen and oxygen atoms in total. The molecule has 0 saturated heterocycles. The van der Waals surface area contributed by atoms with Crippen LogP contribution in [0.4, 0.5) is 0 Å². The highest BCUT2D eigenvalue weighted by molar-refractivity contribution is 5.83. The van der Waals surface area contributed by atoms with Gasteiger partial charge >= 0.3 is 5.97 Å². The first-order chi connectivity index (χ1) is 8.59. The van der Waals surface area contributed by atoms with Crippen LogP contribution in [-0.4, -0.2) is 35.5 Å². The van der Waals surface area contributed by atoms with Crippen LogP contribution in [0.25, 0.3) is 0 Å². The molecule has 2 aliphatic carbocycles. The molecule has 1 N–H and O–H groups in total. The summed E-state index contributed by atoms with van der Waals surface area (Å²) in [5.41, 5.74) is 0. The molecule has 0 aromatic rings. The molecule has 102 valence electrons. The van der Waals surface area contributed by atoms with Crippen LogP contribution in [0, 0.1) is 17.8 Å². The first-order valence-electron chi connectivity index (χ1n) is 7.06. The van der Waals surface area contributed by atoms with Gasteiger partial charge in [0.1, 0.15) is 6.54 Å². The first-order valence-corrected chi connectivity index (χ1v) is 7.06. The van der Waals surface area contributed by atoms with Gasteiger partial charge in [0.15, 0.2) is 0 Å². The van der Waals surface area contributed by atoms with Gasteiger partial charge < -0.3 is 10.0 Å². The summed E-state index contributed by atoms with van der Waals surface area (Å²) in [5.74, 6) is 0.417. The van der Waals surface area contributed by atoms with E-state index >= 15 is 0 Å². The van der Waals surface area contributed by atoms with Crippen molar-refractivity contribution >= 4 is 11.9 Å². The van der Waals surface area contributed by atoms with E-state index in [9.17, 15) is 9.59 Å². The molecule has 2 saturated carbocycles. The largest absolute Gasteiger partial charge is 0.480 e. The van der Waals surface area contributed by atoms with Gasteiger partial charge in [-0.3, -0.25) is 9.59 Å². The number of carbonyl (C=O) groups is 2. The molecular weight excluding hydrogens is 230 g/mol. The quantitative estimate of drug-likeness (QED) is 0.838. The Bertz CT molecular complexity index is 327. The lowest BCUT2D eigenvalue weighted by molar-refractivity contribution is -0.147. The minimum atomic E-state index is -0.929. The van der Waals surface area contributed by atoms with E-state index in [0.29, 0.717) is 11.8 Å². The van der Waals surface area contributed by atoms with Gasteiger partial charge in [0.25, 0.3) is 0 Å². The normalized spacial score (nSPS) is 31.5. The average molecular weight is 253 g/mol. The van der Waals surface area contributed by atoms with E-state index in [1.54, 1.807) is 7.05 Å². The average Bonchev–Trinajstić information content (AvgIpc) is 2.36. The lowest BCUT2D eigenvalue weighted by Crippen LogP contribution is -2.43. The Morgan fingerprint density at radius 2 is 1.78 bits per heavy atom. The van der Waals surface area contributed by atoms with Crippen molar-refractivity contribution in [1.29, 1.82) is 0 Å². The number of hydrogen-bond donors (Lipinski definition) is 1. The van der Waals surface area contributed by atoms with Crippen LogP contribution < -0.4 is 0 Å².